The number of anilines is 3. The third kappa shape index (κ3) is 4.65. The van der Waals surface area contributed by atoms with Gasteiger partial charge in [-0.25, -0.2) is 17.6 Å². The van der Waals surface area contributed by atoms with Gasteiger partial charge in [0.05, 0.1) is 21.6 Å². The third-order valence-corrected chi connectivity index (χ3v) is 7.07. The highest BCUT2D eigenvalue weighted by atomic mass is 32.1. The van der Waals surface area contributed by atoms with Gasteiger partial charge >= 0.3 is 0 Å². The Morgan fingerprint density at radius 3 is 2.35 bits per heavy atom. The average molecular weight is 527 g/mol. The van der Waals surface area contributed by atoms with E-state index in [0.29, 0.717) is 40.3 Å². The summed E-state index contributed by atoms with van der Waals surface area (Å²) in [5.74, 6) is -5.38. The molecule has 37 heavy (non-hydrogen) atoms. The zero-order valence-electron chi connectivity index (χ0n) is 19.2. The number of nitrogens with zero attached hydrogens (tertiary/aromatic N) is 2. The number of carbonyl (C=O) groups is 2. The van der Waals surface area contributed by atoms with E-state index in [9.17, 15) is 27.2 Å². The van der Waals surface area contributed by atoms with E-state index in [1.54, 1.807) is 37.4 Å². The van der Waals surface area contributed by atoms with E-state index in [1.165, 1.54) is 11.0 Å². The molecule has 2 aromatic carbocycles. The normalized spacial score (nSPS) is 12.4. The smallest absolute Gasteiger partial charge is 0.265 e. The van der Waals surface area contributed by atoms with Crippen LogP contribution in [0.4, 0.5) is 34.6 Å². The number of halogens is 4. The van der Waals surface area contributed by atoms with Crippen molar-refractivity contribution in [2.24, 2.45) is 0 Å². The molecule has 1 aliphatic rings. The van der Waals surface area contributed by atoms with Gasteiger partial charge in [-0.2, -0.15) is 0 Å². The highest BCUT2D eigenvalue weighted by Crippen LogP contribution is 2.41. The Labute approximate surface area is 212 Å². The Hall–Kier alpha value is -4.25. The van der Waals surface area contributed by atoms with Crippen LogP contribution in [0.1, 0.15) is 25.6 Å². The molecule has 4 aromatic rings. The largest absolute Gasteiger partial charge is 0.388 e. The first-order valence-corrected chi connectivity index (χ1v) is 11.9. The SMILES string of the molecule is CNc1ccc(C(=O)N2CCc3cc(C(=O)Nc4c(F)cc(F)cc4F)sc3-c3ncc(F)cc32)cc1. The maximum Gasteiger partial charge on any atom is 0.265 e. The minimum absolute atomic E-state index is 0.118. The van der Waals surface area contributed by atoms with Gasteiger partial charge in [-0.3, -0.25) is 14.6 Å². The fraction of sp³-hybridized carbons (Fsp3) is 0.115. The monoisotopic (exact) mass is 526 g/mol. The van der Waals surface area contributed by atoms with E-state index < -0.39 is 34.9 Å². The van der Waals surface area contributed by atoms with E-state index >= 15 is 0 Å². The molecular weight excluding hydrogens is 508 g/mol. The number of pyridine rings is 1. The van der Waals surface area contributed by atoms with Gasteiger partial charge in [0, 0.05) is 43.0 Å². The summed E-state index contributed by atoms with van der Waals surface area (Å²) in [7, 11) is 1.76. The van der Waals surface area contributed by atoms with Gasteiger partial charge in [-0.1, -0.05) is 0 Å². The highest BCUT2D eigenvalue weighted by molar-refractivity contribution is 7.17. The predicted octanol–water partition coefficient (Wildman–Crippen LogP) is 5.86. The number of rotatable bonds is 4. The van der Waals surface area contributed by atoms with Crippen molar-refractivity contribution < 1.29 is 27.2 Å². The molecule has 6 nitrogen and oxygen atoms in total. The van der Waals surface area contributed by atoms with Crippen LogP contribution in [0.2, 0.25) is 0 Å². The first-order valence-electron chi connectivity index (χ1n) is 11.1. The molecule has 0 atom stereocenters. The Morgan fingerprint density at radius 1 is 0.973 bits per heavy atom. The van der Waals surface area contributed by atoms with Crippen LogP contribution in [0.3, 0.4) is 0 Å². The van der Waals surface area contributed by atoms with Gasteiger partial charge in [0.15, 0.2) is 11.6 Å². The fourth-order valence-electron chi connectivity index (χ4n) is 4.07. The van der Waals surface area contributed by atoms with Gasteiger partial charge in [0.2, 0.25) is 0 Å². The van der Waals surface area contributed by atoms with Crippen molar-refractivity contribution >= 4 is 40.2 Å². The summed E-state index contributed by atoms with van der Waals surface area (Å²) >= 11 is 0.992. The van der Waals surface area contributed by atoms with Crippen LogP contribution in [-0.2, 0) is 6.42 Å². The molecule has 188 valence electrons. The van der Waals surface area contributed by atoms with E-state index in [1.807, 2.05) is 0 Å². The molecule has 0 radical (unpaired) electrons. The highest BCUT2D eigenvalue weighted by Gasteiger charge is 2.29. The molecular formula is C26H18F4N4O2S. The van der Waals surface area contributed by atoms with Crippen molar-refractivity contribution in [3.8, 4) is 10.6 Å². The first kappa shape index (κ1) is 24.4. The lowest BCUT2D eigenvalue weighted by atomic mass is 10.1. The minimum atomic E-state index is -1.25. The van der Waals surface area contributed by atoms with Gasteiger partial charge in [-0.05, 0) is 42.3 Å². The number of aromatic nitrogens is 1. The molecule has 2 amide bonds. The van der Waals surface area contributed by atoms with Crippen molar-refractivity contribution in [2.45, 2.75) is 6.42 Å². The van der Waals surface area contributed by atoms with Crippen LogP contribution < -0.4 is 15.5 Å². The molecule has 0 spiro atoms. The fourth-order valence-corrected chi connectivity index (χ4v) is 5.18. The second-order valence-electron chi connectivity index (χ2n) is 8.22. The number of fused-ring (bicyclic) bond motifs is 3. The number of nitrogens with one attached hydrogen (secondary N) is 2. The molecule has 0 bridgehead atoms. The number of hydrogen-bond acceptors (Lipinski definition) is 5. The molecule has 0 saturated heterocycles. The average Bonchev–Trinajstić information content (AvgIpc) is 3.24. The summed E-state index contributed by atoms with van der Waals surface area (Å²) in [5, 5.41) is 5.12. The number of amides is 2. The minimum Gasteiger partial charge on any atom is -0.388 e. The van der Waals surface area contributed by atoms with Crippen molar-refractivity contribution in [1.29, 1.82) is 0 Å². The molecule has 0 saturated carbocycles. The van der Waals surface area contributed by atoms with Crippen molar-refractivity contribution in [3.05, 3.63) is 94.0 Å². The topological polar surface area (TPSA) is 74.3 Å². The van der Waals surface area contributed by atoms with E-state index in [4.69, 9.17) is 0 Å². The molecule has 0 unspecified atom stereocenters. The third-order valence-electron chi connectivity index (χ3n) is 5.89. The lowest BCUT2D eigenvalue weighted by Crippen LogP contribution is -2.32. The van der Waals surface area contributed by atoms with Crippen molar-refractivity contribution in [2.75, 3.05) is 29.1 Å². The second-order valence-corrected chi connectivity index (χ2v) is 9.27. The van der Waals surface area contributed by atoms with Gasteiger partial charge in [-0.15, -0.1) is 11.3 Å². The summed E-state index contributed by atoms with van der Waals surface area (Å²) in [6.45, 7) is 0.177. The van der Waals surface area contributed by atoms with Crippen LogP contribution in [0.5, 0.6) is 0 Å². The van der Waals surface area contributed by atoms with Crippen LogP contribution in [0, 0.1) is 23.3 Å². The molecule has 11 heteroatoms. The summed E-state index contributed by atoms with van der Waals surface area (Å²) in [5.41, 5.74) is 1.67. The van der Waals surface area contributed by atoms with Crippen molar-refractivity contribution in [1.82, 2.24) is 4.98 Å². The van der Waals surface area contributed by atoms with E-state index in [-0.39, 0.29) is 23.0 Å². The number of benzene rings is 2. The van der Waals surface area contributed by atoms with E-state index in [2.05, 4.69) is 15.6 Å². The Bertz CT molecular complexity index is 1520. The maximum atomic E-state index is 14.3. The summed E-state index contributed by atoms with van der Waals surface area (Å²) in [4.78, 5) is 32.5. The summed E-state index contributed by atoms with van der Waals surface area (Å²) in [6, 6.07) is 10.5. The molecule has 3 heterocycles. The molecule has 1 aliphatic heterocycles. The zero-order chi connectivity index (χ0) is 26.3. The lowest BCUT2D eigenvalue weighted by molar-refractivity contribution is 0.0985. The predicted molar refractivity (Wildman–Crippen MR) is 133 cm³/mol. The molecule has 2 N–H and O–H groups in total. The Morgan fingerprint density at radius 2 is 1.68 bits per heavy atom. The van der Waals surface area contributed by atoms with Crippen LogP contribution in [0.25, 0.3) is 10.6 Å². The van der Waals surface area contributed by atoms with Crippen LogP contribution in [-0.4, -0.2) is 30.4 Å². The quantitative estimate of drug-likeness (QED) is 0.327. The van der Waals surface area contributed by atoms with Crippen LogP contribution in [0.15, 0.2) is 54.7 Å². The summed E-state index contributed by atoms with van der Waals surface area (Å²) < 4.78 is 55.5. The molecule has 0 fully saturated rings. The number of hydrogen-bond donors (Lipinski definition) is 2. The zero-order valence-corrected chi connectivity index (χ0v) is 20.1. The maximum absolute atomic E-state index is 14.3. The Balaban J connectivity index is 1.49. The molecule has 0 aliphatic carbocycles. The van der Waals surface area contributed by atoms with E-state index in [0.717, 1.165) is 23.2 Å². The summed E-state index contributed by atoms with van der Waals surface area (Å²) in [6.07, 6.45) is 1.33. The van der Waals surface area contributed by atoms with Crippen LogP contribution >= 0.6 is 11.3 Å². The van der Waals surface area contributed by atoms with Gasteiger partial charge in [0.25, 0.3) is 11.8 Å². The van der Waals surface area contributed by atoms with Gasteiger partial charge in [0.1, 0.15) is 23.0 Å². The molecule has 2 aromatic heterocycles. The lowest BCUT2D eigenvalue weighted by Gasteiger charge is -2.22. The Kier molecular flexibility index (Phi) is 6.38. The van der Waals surface area contributed by atoms with Crippen molar-refractivity contribution in [3.63, 3.8) is 0 Å². The standard InChI is InChI=1S/C26H18F4N4O2S/c1-31-17-4-2-13(3-5-17)26(36)34-7-6-14-8-21(37-24(14)23-20(34)11-16(28)12-32-23)25(35)33-22-18(29)9-15(27)10-19(22)30/h2-5,8-12,31H,6-7H2,1H3,(H,33,35). The second kappa shape index (κ2) is 9.66. The number of thiophene rings is 1. The first-order chi connectivity index (χ1) is 17.7. The molecule has 5 rings (SSSR count). The number of carbonyl (C=O) groups excluding carboxylic acids is 2. The van der Waals surface area contributed by atoms with Gasteiger partial charge < -0.3 is 15.5 Å².